The third kappa shape index (κ3) is 3.50. The summed E-state index contributed by atoms with van der Waals surface area (Å²) in [5, 5.41) is 0. The second-order valence-corrected chi connectivity index (χ2v) is 5.33. The maximum absolute atomic E-state index is 12.3. The molecule has 3 heteroatoms. The first-order valence-corrected chi connectivity index (χ1v) is 7.35. The van der Waals surface area contributed by atoms with Crippen LogP contribution in [-0.4, -0.2) is 41.9 Å². The second kappa shape index (κ2) is 6.55. The predicted octanol–water partition coefficient (Wildman–Crippen LogP) is 2.44. The van der Waals surface area contributed by atoms with Crippen LogP contribution < -0.4 is 0 Å². The number of carbonyl (C=O) groups is 1. The first kappa shape index (κ1) is 13.8. The minimum absolute atomic E-state index is 0.0926. The van der Waals surface area contributed by atoms with E-state index in [0.717, 1.165) is 32.7 Å². The molecule has 107 valence electrons. The topological polar surface area (TPSA) is 23.6 Å². The van der Waals surface area contributed by atoms with E-state index >= 15 is 0 Å². The molecule has 1 aliphatic heterocycles. The van der Waals surface area contributed by atoms with Gasteiger partial charge in [0.05, 0.1) is 0 Å². The lowest BCUT2D eigenvalue weighted by Crippen LogP contribution is -2.48. The van der Waals surface area contributed by atoms with Crippen molar-refractivity contribution in [1.29, 1.82) is 0 Å². The summed E-state index contributed by atoms with van der Waals surface area (Å²) < 4.78 is 0. The van der Waals surface area contributed by atoms with Crippen LogP contribution in [0.25, 0.3) is 0 Å². The zero-order valence-electron chi connectivity index (χ0n) is 12.0. The Morgan fingerprint density at radius 1 is 0.952 bits per heavy atom. The molecule has 1 heterocycles. The fourth-order valence-electron chi connectivity index (χ4n) is 2.65. The number of hydrogen-bond acceptors (Lipinski definition) is 2. The van der Waals surface area contributed by atoms with Gasteiger partial charge in [0.2, 0.25) is 0 Å². The Hall–Kier alpha value is -2.13. The number of benzene rings is 2. The van der Waals surface area contributed by atoms with Crippen molar-refractivity contribution in [3.63, 3.8) is 0 Å². The van der Waals surface area contributed by atoms with Gasteiger partial charge in [-0.15, -0.1) is 0 Å². The molecule has 0 N–H and O–H groups in total. The minimum atomic E-state index is 0.0926. The molecular weight excluding hydrogens is 260 g/mol. The molecular formula is C18H19N2O. The van der Waals surface area contributed by atoms with E-state index in [2.05, 4.69) is 35.2 Å². The molecule has 0 saturated carbocycles. The average Bonchev–Trinajstić information content (AvgIpc) is 2.57. The average molecular weight is 279 g/mol. The van der Waals surface area contributed by atoms with E-state index in [1.807, 2.05) is 29.2 Å². The van der Waals surface area contributed by atoms with Crippen molar-refractivity contribution in [3.05, 3.63) is 71.8 Å². The van der Waals surface area contributed by atoms with Crippen molar-refractivity contribution >= 4 is 5.91 Å². The third-order valence-corrected chi connectivity index (χ3v) is 3.85. The number of nitrogens with zero attached hydrogens (tertiary/aromatic N) is 2. The maximum Gasteiger partial charge on any atom is 0.254 e. The zero-order chi connectivity index (χ0) is 14.5. The number of hydrogen-bond donors (Lipinski definition) is 0. The van der Waals surface area contributed by atoms with Gasteiger partial charge < -0.3 is 4.90 Å². The van der Waals surface area contributed by atoms with Crippen molar-refractivity contribution in [2.24, 2.45) is 0 Å². The van der Waals surface area contributed by atoms with E-state index in [9.17, 15) is 4.79 Å². The Kier molecular flexibility index (Phi) is 4.31. The normalized spacial score (nSPS) is 15.9. The summed E-state index contributed by atoms with van der Waals surface area (Å²) in [5.74, 6) is 0.0926. The van der Waals surface area contributed by atoms with Crippen LogP contribution in [0.4, 0.5) is 0 Å². The molecule has 1 amide bonds. The standard InChI is InChI=1S/C18H19N2O/c21-18(17-9-5-2-6-10-17)20-13-11-19(12-14-20)15-16-7-3-1-4-8-16/h1-9H,11-15H2. The van der Waals surface area contributed by atoms with Crippen molar-refractivity contribution in [3.8, 4) is 0 Å². The van der Waals surface area contributed by atoms with Crippen LogP contribution >= 0.6 is 0 Å². The number of rotatable bonds is 3. The zero-order valence-corrected chi connectivity index (χ0v) is 12.0. The van der Waals surface area contributed by atoms with Gasteiger partial charge in [-0.05, 0) is 17.7 Å². The fourth-order valence-corrected chi connectivity index (χ4v) is 2.65. The quantitative estimate of drug-likeness (QED) is 0.861. The number of carbonyl (C=O) groups excluding carboxylic acids is 1. The summed E-state index contributed by atoms with van der Waals surface area (Å²) in [6, 6.07) is 20.9. The Labute approximate surface area is 125 Å². The van der Waals surface area contributed by atoms with Crippen LogP contribution in [-0.2, 0) is 6.54 Å². The third-order valence-electron chi connectivity index (χ3n) is 3.85. The Bertz CT molecular complexity index is 575. The molecule has 3 nitrogen and oxygen atoms in total. The molecule has 2 aromatic rings. The summed E-state index contributed by atoms with van der Waals surface area (Å²) in [5.41, 5.74) is 1.99. The highest BCUT2D eigenvalue weighted by Gasteiger charge is 2.21. The van der Waals surface area contributed by atoms with Gasteiger partial charge in [0.25, 0.3) is 5.91 Å². The van der Waals surface area contributed by atoms with E-state index in [1.165, 1.54) is 5.56 Å². The van der Waals surface area contributed by atoms with Gasteiger partial charge in [0.1, 0.15) is 0 Å². The van der Waals surface area contributed by atoms with E-state index in [-0.39, 0.29) is 5.91 Å². The van der Waals surface area contributed by atoms with Gasteiger partial charge in [-0.1, -0.05) is 48.5 Å². The molecule has 0 aromatic heterocycles. The highest BCUT2D eigenvalue weighted by molar-refractivity contribution is 5.93. The lowest BCUT2D eigenvalue weighted by molar-refractivity contribution is 0.0628. The molecule has 0 bridgehead atoms. The lowest BCUT2D eigenvalue weighted by atomic mass is 10.1. The van der Waals surface area contributed by atoms with Crippen molar-refractivity contribution < 1.29 is 4.79 Å². The molecule has 0 atom stereocenters. The van der Waals surface area contributed by atoms with Gasteiger partial charge in [-0.25, -0.2) is 0 Å². The largest absolute Gasteiger partial charge is 0.336 e. The van der Waals surface area contributed by atoms with Crippen LogP contribution in [0.1, 0.15) is 15.9 Å². The molecule has 1 aliphatic rings. The van der Waals surface area contributed by atoms with Crippen LogP contribution in [0.15, 0.2) is 54.6 Å². The van der Waals surface area contributed by atoms with Gasteiger partial charge in [-0.3, -0.25) is 9.69 Å². The van der Waals surface area contributed by atoms with Crippen molar-refractivity contribution in [2.45, 2.75) is 6.54 Å². The summed E-state index contributed by atoms with van der Waals surface area (Å²) in [6.07, 6.45) is 0. The molecule has 0 spiro atoms. The lowest BCUT2D eigenvalue weighted by Gasteiger charge is -2.34. The fraction of sp³-hybridized carbons (Fsp3) is 0.278. The highest BCUT2D eigenvalue weighted by atomic mass is 16.2. The molecule has 1 saturated heterocycles. The summed E-state index contributed by atoms with van der Waals surface area (Å²) >= 11 is 0. The highest BCUT2D eigenvalue weighted by Crippen LogP contribution is 2.11. The predicted molar refractivity (Wildman–Crippen MR) is 82.9 cm³/mol. The van der Waals surface area contributed by atoms with Gasteiger partial charge >= 0.3 is 0 Å². The molecule has 1 radical (unpaired) electrons. The maximum atomic E-state index is 12.3. The van der Waals surface area contributed by atoms with E-state index in [1.54, 1.807) is 6.07 Å². The minimum Gasteiger partial charge on any atom is -0.336 e. The Morgan fingerprint density at radius 2 is 1.67 bits per heavy atom. The van der Waals surface area contributed by atoms with E-state index in [0.29, 0.717) is 5.56 Å². The molecule has 2 aromatic carbocycles. The summed E-state index contributed by atoms with van der Waals surface area (Å²) in [4.78, 5) is 16.7. The van der Waals surface area contributed by atoms with Crippen LogP contribution in [0.2, 0.25) is 0 Å². The van der Waals surface area contributed by atoms with Gasteiger partial charge in [-0.2, -0.15) is 0 Å². The van der Waals surface area contributed by atoms with E-state index < -0.39 is 0 Å². The number of piperazine rings is 1. The molecule has 21 heavy (non-hydrogen) atoms. The molecule has 0 unspecified atom stereocenters. The first-order valence-electron chi connectivity index (χ1n) is 7.35. The summed E-state index contributed by atoms with van der Waals surface area (Å²) in [7, 11) is 0. The van der Waals surface area contributed by atoms with E-state index in [4.69, 9.17) is 0 Å². The van der Waals surface area contributed by atoms with Crippen molar-refractivity contribution in [2.75, 3.05) is 26.2 Å². The van der Waals surface area contributed by atoms with Crippen LogP contribution in [0.5, 0.6) is 0 Å². The Morgan fingerprint density at radius 3 is 2.33 bits per heavy atom. The second-order valence-electron chi connectivity index (χ2n) is 5.33. The van der Waals surface area contributed by atoms with Gasteiger partial charge in [0.15, 0.2) is 0 Å². The molecule has 3 rings (SSSR count). The monoisotopic (exact) mass is 279 g/mol. The number of amides is 1. The Balaban J connectivity index is 1.54. The SMILES string of the molecule is O=C(c1[c]cccc1)N1CCN(Cc2ccccc2)CC1. The molecule has 0 aliphatic carbocycles. The van der Waals surface area contributed by atoms with Crippen molar-refractivity contribution in [1.82, 2.24) is 9.80 Å². The molecule has 1 fully saturated rings. The van der Waals surface area contributed by atoms with Crippen LogP contribution in [0, 0.1) is 6.07 Å². The van der Waals surface area contributed by atoms with Crippen LogP contribution in [0.3, 0.4) is 0 Å². The first-order chi connectivity index (χ1) is 10.3. The summed E-state index contributed by atoms with van der Waals surface area (Å²) in [6.45, 7) is 4.38. The van der Waals surface area contributed by atoms with Gasteiger partial charge in [0, 0.05) is 38.3 Å². The smallest absolute Gasteiger partial charge is 0.254 e.